The Morgan fingerprint density at radius 2 is 1.96 bits per heavy atom. The van der Waals surface area contributed by atoms with Gasteiger partial charge in [0.2, 0.25) is 0 Å². The minimum atomic E-state index is -1.12. The number of halogens is 1. The van der Waals surface area contributed by atoms with E-state index in [4.69, 9.17) is 5.26 Å². The second-order valence-electron chi connectivity index (χ2n) is 5.10. The molecule has 7 heteroatoms. The van der Waals surface area contributed by atoms with Gasteiger partial charge in [0.1, 0.15) is 5.82 Å². The smallest absolute Gasteiger partial charge is 0.354 e. The van der Waals surface area contributed by atoms with Crippen molar-refractivity contribution in [1.82, 2.24) is 9.55 Å². The number of benzene rings is 2. The maximum Gasteiger partial charge on any atom is 0.354 e. The van der Waals surface area contributed by atoms with Crippen LogP contribution in [0.3, 0.4) is 0 Å². The molecule has 5 nitrogen and oxygen atoms in total. The second kappa shape index (κ2) is 7.20. The van der Waals surface area contributed by atoms with Crippen LogP contribution in [-0.2, 0) is 5.75 Å². The van der Waals surface area contributed by atoms with Crippen LogP contribution in [0.15, 0.2) is 59.9 Å². The lowest BCUT2D eigenvalue weighted by molar-refractivity contribution is 0.0687. The average Bonchev–Trinajstić information content (AvgIpc) is 3.05. The Morgan fingerprint density at radius 3 is 2.64 bits per heavy atom. The van der Waals surface area contributed by atoms with E-state index < -0.39 is 11.8 Å². The van der Waals surface area contributed by atoms with Crippen molar-refractivity contribution in [2.24, 2.45) is 0 Å². The highest BCUT2D eigenvalue weighted by molar-refractivity contribution is 7.98. The number of nitrogens with zero attached hydrogens (tertiary/aromatic N) is 3. The van der Waals surface area contributed by atoms with Crippen molar-refractivity contribution in [3.63, 3.8) is 0 Å². The number of hydrogen-bond acceptors (Lipinski definition) is 4. The van der Waals surface area contributed by atoms with Crippen molar-refractivity contribution in [3.05, 3.63) is 77.4 Å². The van der Waals surface area contributed by atoms with Gasteiger partial charge in [0.05, 0.1) is 17.8 Å². The number of nitriles is 1. The molecule has 0 fully saturated rings. The monoisotopic (exact) mass is 353 g/mol. The molecule has 1 aromatic heterocycles. The zero-order valence-electron chi connectivity index (χ0n) is 12.9. The molecule has 0 bridgehead atoms. The summed E-state index contributed by atoms with van der Waals surface area (Å²) in [6.07, 6.45) is 1.27. The number of imidazole rings is 1. The molecule has 124 valence electrons. The minimum absolute atomic E-state index is 0.0114. The van der Waals surface area contributed by atoms with Crippen LogP contribution in [0.4, 0.5) is 4.39 Å². The van der Waals surface area contributed by atoms with E-state index >= 15 is 0 Å². The van der Waals surface area contributed by atoms with Crippen molar-refractivity contribution >= 4 is 17.7 Å². The summed E-state index contributed by atoms with van der Waals surface area (Å²) in [5.41, 5.74) is 1.89. The predicted molar refractivity (Wildman–Crippen MR) is 91.2 cm³/mol. The zero-order chi connectivity index (χ0) is 17.8. The van der Waals surface area contributed by atoms with Gasteiger partial charge in [-0.2, -0.15) is 5.26 Å². The largest absolute Gasteiger partial charge is 0.477 e. The van der Waals surface area contributed by atoms with Gasteiger partial charge >= 0.3 is 5.97 Å². The maximum atomic E-state index is 13.2. The summed E-state index contributed by atoms with van der Waals surface area (Å²) in [5.74, 6) is -1.07. The lowest BCUT2D eigenvalue weighted by Gasteiger charge is -2.10. The Morgan fingerprint density at radius 1 is 1.24 bits per heavy atom. The zero-order valence-corrected chi connectivity index (χ0v) is 13.7. The van der Waals surface area contributed by atoms with Crippen LogP contribution >= 0.6 is 11.8 Å². The highest BCUT2D eigenvalue weighted by Crippen LogP contribution is 2.27. The first kappa shape index (κ1) is 16.7. The normalized spacial score (nSPS) is 10.4. The molecule has 0 spiro atoms. The molecule has 0 unspecified atom stereocenters. The first-order valence-corrected chi connectivity index (χ1v) is 8.26. The van der Waals surface area contributed by atoms with Crippen LogP contribution in [0.2, 0.25) is 0 Å². The van der Waals surface area contributed by atoms with Gasteiger partial charge in [0.15, 0.2) is 10.9 Å². The number of carboxylic acid groups (broad SMARTS) is 1. The molecule has 3 rings (SSSR count). The fourth-order valence-corrected chi connectivity index (χ4v) is 3.32. The lowest BCUT2D eigenvalue weighted by Crippen LogP contribution is -2.07. The molecule has 3 aromatic rings. The van der Waals surface area contributed by atoms with Crippen molar-refractivity contribution < 1.29 is 14.3 Å². The number of thioether (sulfide) groups is 1. The van der Waals surface area contributed by atoms with Crippen LogP contribution in [0.25, 0.3) is 5.69 Å². The molecule has 0 atom stereocenters. The maximum absolute atomic E-state index is 13.2. The third-order valence-corrected chi connectivity index (χ3v) is 4.53. The van der Waals surface area contributed by atoms with Gasteiger partial charge in [-0.1, -0.05) is 30.0 Å². The molecule has 0 aliphatic heterocycles. The third-order valence-electron chi connectivity index (χ3n) is 3.53. The molecule has 0 radical (unpaired) electrons. The summed E-state index contributed by atoms with van der Waals surface area (Å²) >= 11 is 1.31. The Balaban J connectivity index is 1.95. The first-order valence-electron chi connectivity index (χ1n) is 7.28. The first-order chi connectivity index (χ1) is 12.1. The molecule has 0 amide bonds. The lowest BCUT2D eigenvalue weighted by atomic mass is 10.1. The summed E-state index contributed by atoms with van der Waals surface area (Å²) in [5, 5.41) is 19.0. The average molecular weight is 353 g/mol. The summed E-state index contributed by atoms with van der Waals surface area (Å²) < 4.78 is 14.6. The van der Waals surface area contributed by atoms with Crippen molar-refractivity contribution in [2.75, 3.05) is 0 Å². The summed E-state index contributed by atoms with van der Waals surface area (Å²) in [4.78, 5) is 15.6. The molecular weight excluding hydrogens is 341 g/mol. The minimum Gasteiger partial charge on any atom is -0.477 e. The molecule has 2 aromatic carbocycles. The molecule has 0 saturated heterocycles. The van der Waals surface area contributed by atoms with Gasteiger partial charge in [0, 0.05) is 11.4 Å². The molecule has 1 N–H and O–H groups in total. The third kappa shape index (κ3) is 3.54. The summed E-state index contributed by atoms with van der Waals surface area (Å²) in [6, 6.07) is 14.8. The Bertz CT molecular complexity index is 961. The van der Waals surface area contributed by atoms with E-state index in [1.165, 1.54) is 46.8 Å². The number of aromatic nitrogens is 2. The van der Waals surface area contributed by atoms with Crippen molar-refractivity contribution in [2.45, 2.75) is 10.9 Å². The Hall–Kier alpha value is -3.11. The summed E-state index contributed by atoms with van der Waals surface area (Å²) in [6.45, 7) is 0. The molecule has 25 heavy (non-hydrogen) atoms. The Kier molecular flexibility index (Phi) is 4.82. The van der Waals surface area contributed by atoms with Crippen molar-refractivity contribution in [3.8, 4) is 11.8 Å². The highest BCUT2D eigenvalue weighted by atomic mass is 32.2. The van der Waals surface area contributed by atoms with Crippen LogP contribution in [0.1, 0.15) is 21.6 Å². The van der Waals surface area contributed by atoms with Gasteiger partial charge in [0.25, 0.3) is 0 Å². The van der Waals surface area contributed by atoms with Gasteiger partial charge in [-0.15, -0.1) is 0 Å². The van der Waals surface area contributed by atoms with E-state index in [1.54, 1.807) is 12.1 Å². The van der Waals surface area contributed by atoms with E-state index in [9.17, 15) is 14.3 Å². The number of carbonyl (C=O) groups is 1. The predicted octanol–water partition coefficient (Wildman–Crippen LogP) is 3.87. The second-order valence-corrected chi connectivity index (χ2v) is 6.04. The standard InChI is InChI=1S/C18H12FN3O2S/c19-14-5-7-15(8-6-14)22-16(17(23)24)10-21-18(22)25-11-13-4-2-1-3-12(13)9-20/h1-8,10H,11H2,(H,23,24). The van der Waals surface area contributed by atoms with Crippen molar-refractivity contribution in [1.29, 1.82) is 5.26 Å². The Labute approximate surface area is 147 Å². The molecule has 1 heterocycles. The number of hydrogen-bond donors (Lipinski definition) is 1. The topological polar surface area (TPSA) is 78.9 Å². The van der Waals surface area contributed by atoms with Crippen LogP contribution in [0.5, 0.6) is 0 Å². The van der Waals surface area contributed by atoms with E-state index in [1.807, 2.05) is 12.1 Å². The van der Waals surface area contributed by atoms with Gasteiger partial charge in [-0.05, 0) is 35.9 Å². The molecule has 0 saturated carbocycles. The molecule has 0 aliphatic carbocycles. The number of rotatable bonds is 5. The SMILES string of the molecule is N#Cc1ccccc1CSc1ncc(C(=O)O)n1-c1ccc(F)cc1. The van der Waals surface area contributed by atoms with E-state index in [0.717, 1.165) is 5.56 Å². The molecular formula is C18H12FN3O2S. The number of aromatic carboxylic acids is 1. The summed E-state index contributed by atoms with van der Waals surface area (Å²) in [7, 11) is 0. The van der Waals surface area contributed by atoms with Crippen LogP contribution in [0, 0.1) is 17.1 Å². The van der Waals surface area contributed by atoms with Crippen LogP contribution < -0.4 is 0 Å². The fraction of sp³-hybridized carbons (Fsp3) is 0.0556. The van der Waals surface area contributed by atoms with Crippen LogP contribution in [-0.4, -0.2) is 20.6 Å². The van der Waals surface area contributed by atoms with Gasteiger partial charge in [-0.25, -0.2) is 14.2 Å². The fourth-order valence-electron chi connectivity index (χ4n) is 2.32. The van der Waals surface area contributed by atoms with E-state index in [2.05, 4.69) is 11.1 Å². The number of carboxylic acids is 1. The van der Waals surface area contributed by atoms with E-state index in [-0.39, 0.29) is 5.69 Å². The molecule has 0 aliphatic rings. The highest BCUT2D eigenvalue weighted by Gasteiger charge is 2.18. The van der Waals surface area contributed by atoms with E-state index in [0.29, 0.717) is 22.2 Å². The quantitative estimate of drug-likeness (QED) is 0.704. The van der Waals surface area contributed by atoms with Gasteiger partial charge < -0.3 is 5.11 Å². The van der Waals surface area contributed by atoms with Gasteiger partial charge in [-0.3, -0.25) is 4.57 Å².